The number of ether oxygens (including phenoxy) is 4. The molecule has 0 aliphatic heterocycles. The summed E-state index contributed by atoms with van der Waals surface area (Å²) < 4.78 is 18.6. The number of carbonyl (C=O) groups is 4. The molecule has 0 fully saturated rings. The highest BCUT2D eigenvalue weighted by Gasteiger charge is 2.24. The van der Waals surface area contributed by atoms with Crippen LogP contribution < -0.4 is 18.9 Å². The van der Waals surface area contributed by atoms with E-state index in [1.54, 1.807) is 0 Å². The van der Waals surface area contributed by atoms with Gasteiger partial charge in [0.1, 0.15) is 0 Å². The van der Waals surface area contributed by atoms with Crippen LogP contribution in [-0.2, 0) is 0 Å². The molecule has 0 heterocycles. The Morgan fingerprint density at radius 3 is 1.10 bits per heavy atom. The molecule has 3 aromatic carbocycles. The molecule has 0 aliphatic carbocycles. The number of benzene rings is 3. The first-order chi connectivity index (χ1) is 14.2. The first-order valence-corrected chi connectivity index (χ1v) is 7.83. The minimum Gasteiger partial charge on any atom is -0.449 e. The molecule has 154 valence electrons. The fourth-order valence-electron chi connectivity index (χ4n) is 2.86. The van der Waals surface area contributed by atoms with Gasteiger partial charge in [-0.2, -0.15) is 0 Å². The second kappa shape index (κ2) is 7.71. The lowest BCUT2D eigenvalue weighted by atomic mass is 9.99. The molecule has 0 unspecified atom stereocenters. The van der Waals surface area contributed by atoms with E-state index in [4.69, 9.17) is 29.9 Å². The highest BCUT2D eigenvalue weighted by atomic mass is 16.7. The van der Waals surface area contributed by atoms with Gasteiger partial charge >= 0.3 is 24.6 Å². The van der Waals surface area contributed by atoms with Gasteiger partial charge in [0, 0.05) is 10.8 Å². The minimum atomic E-state index is -1.81. The zero-order chi connectivity index (χ0) is 22.0. The molecule has 0 radical (unpaired) electrons. The SMILES string of the molecule is O=C(O)Oc1ccc2ccc3ccc(OC(=O)O)c(OC(=O)O)c3c2c1OC(=O)O. The normalized spacial score (nSPS) is 10.4. The van der Waals surface area contributed by atoms with E-state index in [0.717, 1.165) is 12.1 Å². The predicted octanol–water partition coefficient (Wildman–Crippen LogP) is 4.22. The third kappa shape index (κ3) is 3.91. The van der Waals surface area contributed by atoms with Crippen LogP contribution in [0.1, 0.15) is 0 Å². The van der Waals surface area contributed by atoms with E-state index < -0.39 is 47.6 Å². The first-order valence-electron chi connectivity index (χ1n) is 7.83. The second-order valence-corrected chi connectivity index (χ2v) is 5.52. The average molecular weight is 418 g/mol. The minimum absolute atomic E-state index is 0.110. The van der Waals surface area contributed by atoms with Gasteiger partial charge in [-0.25, -0.2) is 19.2 Å². The summed E-state index contributed by atoms with van der Waals surface area (Å²) in [6.45, 7) is 0. The number of rotatable bonds is 4. The molecule has 0 atom stereocenters. The van der Waals surface area contributed by atoms with Gasteiger partial charge in [0.25, 0.3) is 0 Å². The Morgan fingerprint density at radius 2 is 0.800 bits per heavy atom. The van der Waals surface area contributed by atoms with E-state index in [1.807, 2.05) is 0 Å². The lowest BCUT2D eigenvalue weighted by Gasteiger charge is -2.15. The molecular formula is C18H10O12. The predicted molar refractivity (Wildman–Crippen MR) is 96.1 cm³/mol. The van der Waals surface area contributed by atoms with Crippen molar-refractivity contribution in [3.63, 3.8) is 0 Å². The molecule has 0 bridgehead atoms. The third-order valence-corrected chi connectivity index (χ3v) is 3.77. The number of fused-ring (bicyclic) bond motifs is 3. The Bertz CT molecular complexity index is 1120. The van der Waals surface area contributed by atoms with Crippen molar-refractivity contribution < 1.29 is 58.6 Å². The van der Waals surface area contributed by atoms with Gasteiger partial charge in [0.05, 0.1) is 0 Å². The fraction of sp³-hybridized carbons (Fsp3) is 0. The van der Waals surface area contributed by atoms with Gasteiger partial charge < -0.3 is 39.4 Å². The van der Waals surface area contributed by atoms with Crippen LogP contribution in [0.5, 0.6) is 23.0 Å². The lowest BCUT2D eigenvalue weighted by molar-refractivity contribution is 0.133. The monoisotopic (exact) mass is 418 g/mol. The summed E-state index contributed by atoms with van der Waals surface area (Å²) in [5.74, 6) is -2.15. The molecule has 12 heteroatoms. The van der Waals surface area contributed by atoms with Crippen molar-refractivity contribution in [2.45, 2.75) is 0 Å². The number of hydrogen-bond acceptors (Lipinski definition) is 8. The maximum Gasteiger partial charge on any atom is 0.511 e. The Balaban J connectivity index is 2.50. The van der Waals surface area contributed by atoms with Crippen LogP contribution in [0.25, 0.3) is 21.5 Å². The topological polar surface area (TPSA) is 186 Å². The zero-order valence-corrected chi connectivity index (χ0v) is 14.5. The maximum absolute atomic E-state index is 11.2. The van der Waals surface area contributed by atoms with Crippen LogP contribution in [-0.4, -0.2) is 45.0 Å². The van der Waals surface area contributed by atoms with Crippen molar-refractivity contribution in [3.8, 4) is 23.0 Å². The van der Waals surface area contributed by atoms with Gasteiger partial charge in [-0.3, -0.25) is 0 Å². The van der Waals surface area contributed by atoms with E-state index in [-0.39, 0.29) is 21.5 Å². The summed E-state index contributed by atoms with van der Waals surface area (Å²) in [4.78, 5) is 44.4. The van der Waals surface area contributed by atoms with E-state index >= 15 is 0 Å². The van der Waals surface area contributed by atoms with Crippen molar-refractivity contribution >= 4 is 46.2 Å². The van der Waals surface area contributed by atoms with Crippen molar-refractivity contribution in [1.82, 2.24) is 0 Å². The Hall–Kier alpha value is -4.74. The zero-order valence-electron chi connectivity index (χ0n) is 14.5. The Labute approximate surface area is 165 Å². The Morgan fingerprint density at radius 1 is 0.500 bits per heavy atom. The quantitative estimate of drug-likeness (QED) is 0.269. The Kier molecular flexibility index (Phi) is 5.14. The van der Waals surface area contributed by atoms with Crippen molar-refractivity contribution in [2.75, 3.05) is 0 Å². The molecule has 4 N–H and O–H groups in total. The van der Waals surface area contributed by atoms with E-state index in [9.17, 15) is 19.2 Å². The molecule has 0 aliphatic rings. The average Bonchev–Trinajstić information content (AvgIpc) is 2.63. The molecule has 0 spiro atoms. The largest absolute Gasteiger partial charge is 0.511 e. The highest BCUT2D eigenvalue weighted by Crippen LogP contribution is 2.46. The van der Waals surface area contributed by atoms with Crippen molar-refractivity contribution in [2.24, 2.45) is 0 Å². The van der Waals surface area contributed by atoms with Crippen LogP contribution >= 0.6 is 0 Å². The van der Waals surface area contributed by atoms with Gasteiger partial charge in [-0.05, 0) is 22.9 Å². The van der Waals surface area contributed by atoms with Crippen molar-refractivity contribution in [3.05, 3.63) is 36.4 Å². The van der Waals surface area contributed by atoms with Crippen molar-refractivity contribution in [1.29, 1.82) is 0 Å². The summed E-state index contributed by atoms with van der Waals surface area (Å²) in [6, 6.07) is 8.01. The number of hydrogen-bond donors (Lipinski definition) is 4. The molecule has 0 saturated carbocycles. The van der Waals surface area contributed by atoms with Crippen LogP contribution in [0.3, 0.4) is 0 Å². The van der Waals surface area contributed by atoms with Gasteiger partial charge in [-0.15, -0.1) is 0 Å². The molecule has 0 aromatic heterocycles. The van der Waals surface area contributed by atoms with Crippen LogP contribution in [0.15, 0.2) is 36.4 Å². The standard InChI is InChI=1S/C18H10O12/c19-15(20)27-9-5-3-7-1-2-8-4-6-10(28-16(21)22)14(30-18(25)26)12(8)11(7)13(9)29-17(23)24/h1-6H,(H,19,20)(H,21,22)(H,23,24)(H,25,26). The van der Waals surface area contributed by atoms with Crippen LogP contribution in [0.4, 0.5) is 19.2 Å². The van der Waals surface area contributed by atoms with E-state index in [2.05, 4.69) is 9.47 Å². The molecule has 0 saturated heterocycles. The lowest BCUT2D eigenvalue weighted by Crippen LogP contribution is -2.10. The molecule has 3 rings (SSSR count). The highest BCUT2D eigenvalue weighted by molar-refractivity contribution is 6.16. The smallest absolute Gasteiger partial charge is 0.449 e. The molecular weight excluding hydrogens is 408 g/mol. The van der Waals surface area contributed by atoms with E-state index in [0.29, 0.717) is 0 Å². The summed E-state index contributed by atoms with van der Waals surface area (Å²) in [6.07, 6.45) is -7.15. The second-order valence-electron chi connectivity index (χ2n) is 5.52. The molecule has 30 heavy (non-hydrogen) atoms. The first kappa shape index (κ1) is 20.0. The van der Waals surface area contributed by atoms with Gasteiger partial charge in [0.15, 0.2) is 23.0 Å². The van der Waals surface area contributed by atoms with Gasteiger partial charge in [-0.1, -0.05) is 24.3 Å². The summed E-state index contributed by atoms with van der Waals surface area (Å²) >= 11 is 0. The summed E-state index contributed by atoms with van der Waals surface area (Å²) in [5, 5.41) is 36.3. The number of carboxylic acid groups (broad SMARTS) is 4. The van der Waals surface area contributed by atoms with Crippen LogP contribution in [0.2, 0.25) is 0 Å². The third-order valence-electron chi connectivity index (χ3n) is 3.77. The molecule has 3 aromatic rings. The maximum atomic E-state index is 11.2. The summed E-state index contributed by atoms with van der Waals surface area (Å²) in [5.41, 5.74) is 0. The van der Waals surface area contributed by atoms with Gasteiger partial charge in [0.2, 0.25) is 0 Å². The molecule has 0 amide bonds. The van der Waals surface area contributed by atoms with Crippen LogP contribution in [0, 0.1) is 0 Å². The fourth-order valence-corrected chi connectivity index (χ4v) is 2.86. The summed E-state index contributed by atoms with van der Waals surface area (Å²) in [7, 11) is 0. The van der Waals surface area contributed by atoms with E-state index in [1.165, 1.54) is 24.3 Å². The molecule has 12 nitrogen and oxygen atoms in total.